The van der Waals surface area contributed by atoms with Crippen molar-refractivity contribution in [1.29, 1.82) is 0 Å². The first-order chi connectivity index (χ1) is 26.0. The van der Waals surface area contributed by atoms with Crippen molar-refractivity contribution in [2.75, 3.05) is 79.5 Å². The first kappa shape index (κ1) is 52.1. The highest BCUT2D eigenvalue weighted by Gasteiger charge is 2.28. The third-order valence-corrected chi connectivity index (χ3v) is 9.00. The van der Waals surface area contributed by atoms with Crippen molar-refractivity contribution in [2.24, 2.45) is 10.8 Å². The SMILES string of the molecule is CCCC(C)(C)CC(C)(C)CCCC(=O)N[C@@H](CCC(=O)NCCOCCOCC(=O)NCCOCCOCC(=O)NCCCC[C@H](NC)[C@H](C)O)C(=O)O. The maximum absolute atomic E-state index is 12.5. The van der Waals surface area contributed by atoms with Gasteiger partial charge in [-0.1, -0.05) is 47.5 Å². The van der Waals surface area contributed by atoms with Crippen molar-refractivity contribution in [3.63, 3.8) is 0 Å². The van der Waals surface area contributed by atoms with E-state index < -0.39 is 18.1 Å². The van der Waals surface area contributed by atoms with Crippen LogP contribution >= 0.6 is 0 Å². The van der Waals surface area contributed by atoms with Gasteiger partial charge in [0.15, 0.2) is 0 Å². The van der Waals surface area contributed by atoms with Crippen LogP contribution in [0.15, 0.2) is 0 Å². The van der Waals surface area contributed by atoms with Crippen LogP contribution in [0, 0.1) is 10.8 Å². The van der Waals surface area contributed by atoms with Gasteiger partial charge in [0, 0.05) is 38.5 Å². The molecule has 0 aromatic heterocycles. The molecule has 0 aliphatic heterocycles. The lowest BCUT2D eigenvalue weighted by Gasteiger charge is -2.35. The minimum absolute atomic E-state index is 0.0203. The number of likely N-dealkylation sites (N-methyl/N-ethyl adjacent to an activating group) is 1. The molecule has 322 valence electrons. The number of carboxylic acids is 1. The lowest BCUT2D eigenvalue weighted by atomic mass is 9.71. The molecule has 0 fully saturated rings. The van der Waals surface area contributed by atoms with Crippen molar-refractivity contribution in [2.45, 2.75) is 130 Å². The lowest BCUT2D eigenvalue weighted by Crippen LogP contribution is -2.41. The Labute approximate surface area is 329 Å². The number of aliphatic hydroxyl groups excluding tert-OH is 1. The summed E-state index contributed by atoms with van der Waals surface area (Å²) in [5.41, 5.74) is 0.312. The second-order valence-corrected chi connectivity index (χ2v) is 15.6. The van der Waals surface area contributed by atoms with Gasteiger partial charge in [0.2, 0.25) is 23.6 Å². The fraction of sp³-hybridized carbons (Fsp3) is 0.872. The van der Waals surface area contributed by atoms with Gasteiger partial charge in [0.25, 0.3) is 0 Å². The molecule has 0 spiro atoms. The normalized spacial score (nSPS) is 13.5. The van der Waals surface area contributed by atoms with E-state index in [1.807, 2.05) is 7.05 Å². The zero-order valence-electron chi connectivity index (χ0n) is 34.9. The second-order valence-electron chi connectivity index (χ2n) is 15.6. The predicted octanol–water partition coefficient (Wildman–Crippen LogP) is 2.30. The third-order valence-electron chi connectivity index (χ3n) is 9.00. The van der Waals surface area contributed by atoms with Gasteiger partial charge in [-0.25, -0.2) is 4.79 Å². The molecule has 0 aromatic rings. The van der Waals surface area contributed by atoms with Crippen LogP contribution in [0.4, 0.5) is 0 Å². The molecule has 0 aromatic carbocycles. The number of amides is 4. The summed E-state index contributed by atoms with van der Waals surface area (Å²) >= 11 is 0. The average Bonchev–Trinajstić information content (AvgIpc) is 3.09. The Hall–Kier alpha value is -2.89. The maximum Gasteiger partial charge on any atom is 0.326 e. The highest BCUT2D eigenvalue weighted by atomic mass is 16.5. The van der Waals surface area contributed by atoms with Crippen LogP contribution in [0.1, 0.15) is 112 Å². The van der Waals surface area contributed by atoms with Crippen molar-refractivity contribution < 1.29 is 53.1 Å². The molecule has 3 atom stereocenters. The maximum atomic E-state index is 12.5. The third kappa shape index (κ3) is 30.9. The van der Waals surface area contributed by atoms with Gasteiger partial charge in [-0.15, -0.1) is 0 Å². The highest BCUT2D eigenvalue weighted by Crippen LogP contribution is 2.39. The van der Waals surface area contributed by atoms with E-state index in [2.05, 4.69) is 61.2 Å². The number of carbonyl (C=O) groups is 5. The summed E-state index contributed by atoms with van der Waals surface area (Å²) < 4.78 is 21.4. The Bertz CT molecular complexity index is 1070. The van der Waals surface area contributed by atoms with Gasteiger partial charge >= 0.3 is 5.97 Å². The number of carboxylic acid groups (broad SMARTS) is 1. The van der Waals surface area contributed by atoms with Crippen LogP contribution < -0.4 is 26.6 Å². The van der Waals surface area contributed by atoms with E-state index in [-0.39, 0.29) is 119 Å². The Balaban J connectivity index is 3.81. The standard InChI is InChI=1S/C39H75N5O11/c1-8-16-38(3,4)29-39(5,6)17-11-13-34(47)44-32(37(50)51)14-15-33(46)42-19-21-52-23-26-55-28-36(49)43-20-22-53-24-25-54-27-35(48)41-18-10-9-12-31(40-7)30(2)45/h30-32,40,45H,8-29H2,1-7H3,(H,41,48)(H,42,46)(H,43,49)(H,44,47)(H,50,51)/t30-,31-,32-/m0/s1. The molecular weight excluding hydrogens is 714 g/mol. The molecule has 0 rings (SSSR count). The number of aliphatic hydroxyl groups is 1. The second kappa shape index (κ2) is 31.2. The Morgan fingerprint density at radius 1 is 0.636 bits per heavy atom. The van der Waals surface area contributed by atoms with E-state index >= 15 is 0 Å². The summed E-state index contributed by atoms with van der Waals surface area (Å²) in [4.78, 5) is 60.1. The Morgan fingerprint density at radius 3 is 1.69 bits per heavy atom. The first-order valence-electron chi connectivity index (χ1n) is 20.0. The number of nitrogens with one attached hydrogen (secondary N) is 5. The highest BCUT2D eigenvalue weighted by molar-refractivity contribution is 5.84. The summed E-state index contributed by atoms with van der Waals surface area (Å²) in [6.07, 6.45) is 7.13. The summed E-state index contributed by atoms with van der Waals surface area (Å²) in [6, 6.07) is -1.09. The van der Waals surface area contributed by atoms with Gasteiger partial charge in [-0.05, 0) is 69.7 Å². The number of hydrogen-bond acceptors (Lipinski definition) is 11. The van der Waals surface area contributed by atoms with E-state index in [9.17, 15) is 34.2 Å². The minimum Gasteiger partial charge on any atom is -0.480 e. The summed E-state index contributed by atoms with van der Waals surface area (Å²) in [6.45, 7) is 15.1. The Morgan fingerprint density at radius 2 is 1.16 bits per heavy atom. The average molecular weight is 790 g/mol. The van der Waals surface area contributed by atoms with E-state index in [4.69, 9.17) is 18.9 Å². The van der Waals surface area contributed by atoms with Gasteiger partial charge in [0.1, 0.15) is 19.3 Å². The molecule has 0 saturated carbocycles. The predicted molar refractivity (Wildman–Crippen MR) is 210 cm³/mol. The van der Waals surface area contributed by atoms with Gasteiger partial charge in [-0.2, -0.15) is 0 Å². The van der Waals surface area contributed by atoms with Crippen molar-refractivity contribution >= 4 is 29.6 Å². The molecule has 0 heterocycles. The van der Waals surface area contributed by atoms with E-state index in [0.29, 0.717) is 19.5 Å². The fourth-order valence-corrected chi connectivity index (χ4v) is 6.50. The number of carbonyl (C=O) groups excluding carboxylic acids is 4. The van der Waals surface area contributed by atoms with Gasteiger partial charge in [0.05, 0.1) is 45.7 Å². The molecule has 0 bridgehead atoms. The Kier molecular flexibility index (Phi) is 29.6. The molecule has 55 heavy (non-hydrogen) atoms. The molecule has 0 aliphatic carbocycles. The fourth-order valence-electron chi connectivity index (χ4n) is 6.50. The molecule has 0 radical (unpaired) electrons. The molecule has 16 heteroatoms. The number of unbranched alkanes of at least 4 members (excludes halogenated alkanes) is 1. The summed E-state index contributed by atoms with van der Waals surface area (Å²) in [5.74, 6) is -2.35. The van der Waals surface area contributed by atoms with E-state index in [1.54, 1.807) is 6.92 Å². The zero-order chi connectivity index (χ0) is 41.5. The monoisotopic (exact) mass is 790 g/mol. The van der Waals surface area contributed by atoms with E-state index in [0.717, 1.165) is 44.9 Å². The lowest BCUT2D eigenvalue weighted by molar-refractivity contribution is -0.142. The summed E-state index contributed by atoms with van der Waals surface area (Å²) in [5, 5.41) is 32.9. The van der Waals surface area contributed by atoms with Crippen molar-refractivity contribution in [3.05, 3.63) is 0 Å². The van der Waals surface area contributed by atoms with Gasteiger partial charge in [-0.3, -0.25) is 19.2 Å². The zero-order valence-corrected chi connectivity index (χ0v) is 34.9. The summed E-state index contributed by atoms with van der Waals surface area (Å²) in [7, 11) is 1.82. The van der Waals surface area contributed by atoms with Crippen molar-refractivity contribution in [1.82, 2.24) is 26.6 Å². The number of ether oxygens (including phenoxy) is 4. The molecular formula is C39H75N5O11. The topological polar surface area (TPSA) is 223 Å². The number of hydrogen-bond donors (Lipinski definition) is 7. The number of rotatable bonds is 36. The molecule has 0 aliphatic rings. The largest absolute Gasteiger partial charge is 0.480 e. The molecule has 16 nitrogen and oxygen atoms in total. The quantitative estimate of drug-likeness (QED) is 0.0455. The van der Waals surface area contributed by atoms with Crippen molar-refractivity contribution in [3.8, 4) is 0 Å². The molecule has 0 saturated heterocycles. The minimum atomic E-state index is -1.18. The molecule has 0 unspecified atom stereocenters. The van der Waals surface area contributed by atoms with Crippen LogP contribution in [0.5, 0.6) is 0 Å². The molecule has 7 N–H and O–H groups in total. The molecule has 4 amide bonds. The van der Waals surface area contributed by atoms with Crippen LogP contribution in [0.2, 0.25) is 0 Å². The first-order valence-corrected chi connectivity index (χ1v) is 20.0. The smallest absolute Gasteiger partial charge is 0.326 e. The van der Waals surface area contributed by atoms with Crippen LogP contribution in [0.3, 0.4) is 0 Å². The van der Waals surface area contributed by atoms with Gasteiger partial charge < -0.3 is 55.7 Å². The van der Waals surface area contributed by atoms with E-state index in [1.165, 1.54) is 0 Å². The van der Waals surface area contributed by atoms with Crippen LogP contribution in [0.25, 0.3) is 0 Å². The van der Waals surface area contributed by atoms with Crippen LogP contribution in [-0.2, 0) is 42.9 Å². The number of aliphatic carboxylic acids is 1. The van der Waals surface area contributed by atoms with Crippen LogP contribution in [-0.4, -0.2) is 138 Å².